The molecule has 2 amide bonds. The third kappa shape index (κ3) is 3.79. The topological polar surface area (TPSA) is 78.4 Å². The number of hydrogen-bond acceptors (Lipinski definition) is 3. The van der Waals surface area contributed by atoms with Gasteiger partial charge in [0.05, 0.1) is 6.04 Å². The van der Waals surface area contributed by atoms with Gasteiger partial charge in [0.25, 0.3) is 0 Å². The van der Waals surface area contributed by atoms with E-state index in [1.165, 1.54) is 0 Å². The monoisotopic (exact) mass is 262 g/mol. The minimum absolute atomic E-state index is 0.0781. The summed E-state index contributed by atoms with van der Waals surface area (Å²) < 4.78 is 0. The highest BCUT2D eigenvalue weighted by Gasteiger charge is 2.29. The molecule has 1 saturated carbocycles. The molecular weight excluding hydrogens is 244 g/mol. The molecule has 1 aliphatic carbocycles. The molecule has 0 aliphatic heterocycles. The lowest BCUT2D eigenvalue weighted by Crippen LogP contribution is -2.28. The maximum absolute atomic E-state index is 11.6. The third-order valence-electron chi connectivity index (χ3n) is 3.15. The van der Waals surface area contributed by atoms with E-state index in [0.717, 1.165) is 24.1 Å². The SMILES string of the molecule is CC(NC(=O)CO)c1ccc(NC(=O)C2CC2)cc1. The van der Waals surface area contributed by atoms with Crippen molar-refractivity contribution in [2.24, 2.45) is 5.92 Å². The number of rotatable bonds is 5. The van der Waals surface area contributed by atoms with Gasteiger partial charge in [-0.25, -0.2) is 0 Å². The van der Waals surface area contributed by atoms with Gasteiger partial charge in [-0.3, -0.25) is 9.59 Å². The molecule has 1 aliphatic rings. The summed E-state index contributed by atoms with van der Waals surface area (Å²) in [7, 11) is 0. The van der Waals surface area contributed by atoms with Crippen molar-refractivity contribution in [3.63, 3.8) is 0 Å². The molecule has 0 bridgehead atoms. The molecule has 0 spiro atoms. The first kappa shape index (κ1) is 13.5. The summed E-state index contributed by atoms with van der Waals surface area (Å²) in [5.41, 5.74) is 1.69. The lowest BCUT2D eigenvalue weighted by molar-refractivity contribution is -0.124. The van der Waals surface area contributed by atoms with E-state index in [4.69, 9.17) is 5.11 Å². The largest absolute Gasteiger partial charge is 0.387 e. The van der Waals surface area contributed by atoms with Crippen LogP contribution in [0.3, 0.4) is 0 Å². The van der Waals surface area contributed by atoms with Crippen molar-refractivity contribution in [1.29, 1.82) is 0 Å². The summed E-state index contributed by atoms with van der Waals surface area (Å²) in [5, 5.41) is 14.2. The van der Waals surface area contributed by atoms with Gasteiger partial charge in [-0.15, -0.1) is 0 Å². The highest BCUT2D eigenvalue weighted by molar-refractivity contribution is 5.94. The number of aliphatic hydroxyl groups is 1. The van der Waals surface area contributed by atoms with E-state index < -0.39 is 12.5 Å². The van der Waals surface area contributed by atoms with Crippen molar-refractivity contribution >= 4 is 17.5 Å². The lowest BCUT2D eigenvalue weighted by atomic mass is 10.1. The molecule has 0 aromatic heterocycles. The van der Waals surface area contributed by atoms with Gasteiger partial charge >= 0.3 is 0 Å². The van der Waals surface area contributed by atoms with Crippen molar-refractivity contribution in [3.8, 4) is 0 Å². The highest BCUT2D eigenvalue weighted by Crippen LogP contribution is 2.30. The van der Waals surface area contributed by atoms with Gasteiger partial charge in [0.2, 0.25) is 11.8 Å². The maximum atomic E-state index is 11.6. The number of benzene rings is 1. The summed E-state index contributed by atoms with van der Waals surface area (Å²) in [6.07, 6.45) is 1.96. The van der Waals surface area contributed by atoms with Crippen LogP contribution in [0.4, 0.5) is 5.69 Å². The average molecular weight is 262 g/mol. The molecule has 2 rings (SSSR count). The molecule has 3 N–H and O–H groups in total. The predicted molar refractivity (Wildman–Crippen MR) is 71.4 cm³/mol. The first-order chi connectivity index (χ1) is 9.10. The zero-order valence-corrected chi connectivity index (χ0v) is 10.8. The molecule has 0 radical (unpaired) electrons. The number of aliphatic hydroxyl groups excluding tert-OH is 1. The molecule has 1 aromatic rings. The average Bonchev–Trinajstić information content (AvgIpc) is 3.23. The summed E-state index contributed by atoms with van der Waals surface area (Å²) >= 11 is 0. The number of nitrogens with one attached hydrogen (secondary N) is 2. The predicted octanol–water partition coefficient (Wildman–Crippen LogP) is 1.20. The number of anilines is 1. The highest BCUT2D eigenvalue weighted by atomic mass is 16.3. The molecule has 19 heavy (non-hydrogen) atoms. The van der Waals surface area contributed by atoms with Crippen LogP contribution in [0, 0.1) is 5.92 Å². The zero-order valence-electron chi connectivity index (χ0n) is 10.8. The van der Waals surface area contributed by atoms with E-state index in [2.05, 4.69) is 10.6 Å². The molecule has 0 saturated heterocycles. The van der Waals surface area contributed by atoms with E-state index in [9.17, 15) is 9.59 Å². The maximum Gasteiger partial charge on any atom is 0.246 e. The van der Waals surface area contributed by atoms with Crippen molar-refractivity contribution in [2.45, 2.75) is 25.8 Å². The Morgan fingerprint density at radius 1 is 1.32 bits per heavy atom. The van der Waals surface area contributed by atoms with Crippen LogP contribution in [0.1, 0.15) is 31.4 Å². The number of carbonyl (C=O) groups is 2. The van der Waals surface area contributed by atoms with Gasteiger partial charge < -0.3 is 15.7 Å². The molecule has 1 fully saturated rings. The van der Waals surface area contributed by atoms with Crippen molar-refractivity contribution in [1.82, 2.24) is 5.32 Å². The fourth-order valence-corrected chi connectivity index (χ4v) is 1.82. The Labute approximate surface area is 112 Å². The van der Waals surface area contributed by atoms with Gasteiger partial charge in [0, 0.05) is 11.6 Å². The second-order valence-corrected chi connectivity index (χ2v) is 4.83. The van der Waals surface area contributed by atoms with Crippen LogP contribution in [0.5, 0.6) is 0 Å². The molecule has 102 valence electrons. The number of hydrogen-bond donors (Lipinski definition) is 3. The van der Waals surface area contributed by atoms with Crippen LogP contribution in [0.15, 0.2) is 24.3 Å². The number of amides is 2. The third-order valence-corrected chi connectivity index (χ3v) is 3.15. The molecule has 5 nitrogen and oxygen atoms in total. The van der Waals surface area contributed by atoms with E-state index in [-0.39, 0.29) is 17.9 Å². The molecule has 0 heterocycles. The molecule has 5 heteroatoms. The summed E-state index contributed by atoms with van der Waals surface area (Å²) in [5.74, 6) is -0.143. The Kier molecular flexibility index (Phi) is 4.16. The van der Waals surface area contributed by atoms with E-state index in [1.54, 1.807) is 0 Å². The quantitative estimate of drug-likeness (QED) is 0.746. The Morgan fingerprint density at radius 2 is 1.95 bits per heavy atom. The zero-order chi connectivity index (χ0) is 13.8. The van der Waals surface area contributed by atoms with Crippen molar-refractivity contribution < 1.29 is 14.7 Å². The smallest absolute Gasteiger partial charge is 0.246 e. The number of carbonyl (C=O) groups excluding carboxylic acids is 2. The minimum Gasteiger partial charge on any atom is -0.387 e. The Morgan fingerprint density at radius 3 is 2.47 bits per heavy atom. The van der Waals surface area contributed by atoms with Gasteiger partial charge in [0.1, 0.15) is 6.61 Å². The van der Waals surface area contributed by atoms with E-state index in [1.807, 2.05) is 31.2 Å². The summed E-state index contributed by atoms with van der Waals surface area (Å²) in [4.78, 5) is 22.7. The molecule has 1 aromatic carbocycles. The summed E-state index contributed by atoms with van der Waals surface area (Å²) in [6, 6.07) is 7.16. The first-order valence-corrected chi connectivity index (χ1v) is 6.41. The lowest BCUT2D eigenvalue weighted by Gasteiger charge is -2.14. The standard InChI is InChI=1S/C14H18N2O3/c1-9(15-13(18)8-17)10-4-6-12(7-5-10)16-14(19)11-2-3-11/h4-7,9,11,17H,2-3,8H2,1H3,(H,15,18)(H,16,19). The second-order valence-electron chi connectivity index (χ2n) is 4.83. The van der Waals surface area contributed by atoms with Crippen LogP contribution < -0.4 is 10.6 Å². The Balaban J connectivity index is 1.93. The van der Waals surface area contributed by atoms with Crippen LogP contribution >= 0.6 is 0 Å². The van der Waals surface area contributed by atoms with Crippen LogP contribution in [0.2, 0.25) is 0 Å². The first-order valence-electron chi connectivity index (χ1n) is 6.41. The van der Waals surface area contributed by atoms with Gasteiger partial charge in [-0.2, -0.15) is 0 Å². The Hall–Kier alpha value is -1.88. The van der Waals surface area contributed by atoms with Crippen molar-refractivity contribution in [2.75, 3.05) is 11.9 Å². The molecule has 1 atom stereocenters. The molecule has 1 unspecified atom stereocenters. The summed E-state index contributed by atoms with van der Waals surface area (Å²) in [6.45, 7) is 1.32. The second kappa shape index (κ2) is 5.84. The van der Waals surface area contributed by atoms with Crippen molar-refractivity contribution in [3.05, 3.63) is 29.8 Å². The van der Waals surface area contributed by atoms with Gasteiger partial charge in [-0.05, 0) is 37.5 Å². The van der Waals surface area contributed by atoms with Gasteiger partial charge in [-0.1, -0.05) is 12.1 Å². The van der Waals surface area contributed by atoms with Crippen LogP contribution in [-0.2, 0) is 9.59 Å². The minimum atomic E-state index is -0.514. The van der Waals surface area contributed by atoms with E-state index in [0.29, 0.717) is 0 Å². The van der Waals surface area contributed by atoms with Gasteiger partial charge in [0.15, 0.2) is 0 Å². The van der Waals surface area contributed by atoms with Crippen LogP contribution in [0.25, 0.3) is 0 Å². The fourth-order valence-electron chi connectivity index (χ4n) is 1.82. The van der Waals surface area contributed by atoms with Crippen LogP contribution in [-0.4, -0.2) is 23.5 Å². The molecular formula is C14H18N2O3. The normalized spacial score (nSPS) is 15.7. The van der Waals surface area contributed by atoms with E-state index >= 15 is 0 Å². The fraction of sp³-hybridized carbons (Fsp3) is 0.429. The Bertz CT molecular complexity index is 466.